The van der Waals surface area contributed by atoms with Crippen LogP contribution in [0.3, 0.4) is 0 Å². The second-order valence-corrected chi connectivity index (χ2v) is 11.5. The van der Waals surface area contributed by atoms with Crippen molar-refractivity contribution in [1.82, 2.24) is 0 Å². The van der Waals surface area contributed by atoms with Crippen LogP contribution in [0.2, 0.25) is 0 Å². The van der Waals surface area contributed by atoms with Crippen LogP contribution in [0.4, 0.5) is 5.69 Å². The molecule has 150 valence electrons. The fourth-order valence-electron chi connectivity index (χ4n) is 3.92. The molecule has 0 fully saturated rings. The van der Waals surface area contributed by atoms with E-state index < -0.39 is 0 Å². The van der Waals surface area contributed by atoms with Crippen molar-refractivity contribution in [3.8, 4) is 0 Å². The summed E-state index contributed by atoms with van der Waals surface area (Å²) >= 11 is 0.229. The molecule has 2 heterocycles. The molecule has 0 radical (unpaired) electrons. The first-order chi connectivity index (χ1) is 14.6. The first-order valence-corrected chi connectivity index (χ1v) is 13.4. The third-order valence-corrected chi connectivity index (χ3v) is 10.1. The van der Waals surface area contributed by atoms with Gasteiger partial charge in [0.25, 0.3) is 0 Å². The molecule has 0 spiro atoms. The van der Waals surface area contributed by atoms with Gasteiger partial charge in [0.1, 0.15) is 0 Å². The van der Waals surface area contributed by atoms with Gasteiger partial charge in [-0.25, -0.2) is 0 Å². The second kappa shape index (κ2) is 7.72. The predicted molar refractivity (Wildman–Crippen MR) is 120 cm³/mol. The molecule has 1 aliphatic heterocycles. The van der Waals surface area contributed by atoms with E-state index in [9.17, 15) is 9.90 Å². The number of allylic oxidation sites excluding steroid dienone is 3. The number of Topliss-reactive ketones (excluding diaryl/α,β-unsaturated/α-hetero) is 1. The third-order valence-electron chi connectivity index (χ3n) is 5.42. The van der Waals surface area contributed by atoms with Crippen LogP contribution in [0, 0.1) is 0 Å². The van der Waals surface area contributed by atoms with Crippen molar-refractivity contribution in [3.05, 3.63) is 80.7 Å². The zero-order chi connectivity index (χ0) is 20.8. The molecule has 0 amide bonds. The van der Waals surface area contributed by atoms with Crippen molar-refractivity contribution in [2.24, 2.45) is 0 Å². The monoisotopic (exact) mass is 528 g/mol. The maximum absolute atomic E-state index is 12.9. The van der Waals surface area contributed by atoms with Crippen molar-refractivity contribution in [2.45, 2.75) is 20.4 Å². The van der Waals surface area contributed by atoms with E-state index in [1.807, 2.05) is 36.4 Å². The molecule has 0 unspecified atom stereocenters. The molecular weight excluding hydrogens is 506 g/mol. The SMILES string of the molecule is CCN1/C(=C/C2=C([O-])C(=C/c3[se]c4ccccc4[n+]3CC)/C2=O)[Se]c2ccccc21. The number of nitrogens with zero attached hydrogens (tertiary/aromatic N) is 2. The van der Waals surface area contributed by atoms with Gasteiger partial charge in [-0.1, -0.05) is 0 Å². The molecule has 0 N–H and O–H groups in total. The Morgan fingerprint density at radius 3 is 2.60 bits per heavy atom. The van der Waals surface area contributed by atoms with Crippen LogP contribution in [0.5, 0.6) is 0 Å². The first kappa shape index (κ1) is 19.6. The zero-order valence-electron chi connectivity index (χ0n) is 16.7. The number of para-hydroxylation sites is 2. The van der Waals surface area contributed by atoms with Crippen LogP contribution in [0.1, 0.15) is 18.4 Å². The van der Waals surface area contributed by atoms with Gasteiger partial charge < -0.3 is 0 Å². The summed E-state index contributed by atoms with van der Waals surface area (Å²) in [5.41, 5.74) is 3.05. The quantitative estimate of drug-likeness (QED) is 0.294. The van der Waals surface area contributed by atoms with Crippen molar-refractivity contribution >= 4 is 61.2 Å². The number of carbonyl (C=O) groups is 1. The molecule has 2 aliphatic rings. The van der Waals surface area contributed by atoms with Crippen molar-refractivity contribution in [1.29, 1.82) is 0 Å². The van der Waals surface area contributed by atoms with Crippen LogP contribution in [-0.2, 0) is 11.3 Å². The summed E-state index contributed by atoms with van der Waals surface area (Å²) in [5.74, 6) is -0.240. The number of rotatable bonds is 4. The Kier molecular flexibility index (Phi) is 5.04. The van der Waals surface area contributed by atoms with Gasteiger partial charge in [-0.2, -0.15) is 0 Å². The van der Waals surface area contributed by atoms with E-state index in [-0.39, 0.29) is 41.0 Å². The molecule has 2 aromatic carbocycles. The number of aromatic nitrogens is 1. The Morgan fingerprint density at radius 2 is 1.83 bits per heavy atom. The zero-order valence-corrected chi connectivity index (χ0v) is 20.1. The fourth-order valence-corrected chi connectivity index (χ4v) is 8.82. The normalized spacial score (nSPS) is 18.6. The molecule has 3 aromatic rings. The minimum absolute atomic E-state index is 0.115. The van der Waals surface area contributed by atoms with E-state index in [1.54, 1.807) is 0 Å². The Balaban J connectivity index is 1.51. The summed E-state index contributed by atoms with van der Waals surface area (Å²) in [6, 6.07) is 16.6. The van der Waals surface area contributed by atoms with Gasteiger partial charge in [0.2, 0.25) is 0 Å². The van der Waals surface area contributed by atoms with Crippen LogP contribution in [0.25, 0.3) is 15.9 Å². The summed E-state index contributed by atoms with van der Waals surface area (Å²) in [6.07, 6.45) is 3.67. The van der Waals surface area contributed by atoms with Crippen LogP contribution in [-0.4, -0.2) is 41.8 Å². The molecule has 0 atom stereocenters. The number of anilines is 1. The van der Waals surface area contributed by atoms with E-state index in [0.29, 0.717) is 11.1 Å². The van der Waals surface area contributed by atoms with E-state index in [4.69, 9.17) is 0 Å². The summed E-state index contributed by atoms with van der Waals surface area (Å²) in [5, 5.41) is 12.9. The van der Waals surface area contributed by atoms with E-state index in [1.165, 1.54) is 19.9 Å². The number of aryl methyl sites for hydroxylation is 1. The molecular formula is C24H20N2O2Se2. The number of ketones is 1. The third kappa shape index (κ3) is 3.03. The fraction of sp³-hybridized carbons (Fsp3) is 0.167. The average Bonchev–Trinajstić information content (AvgIpc) is 3.32. The van der Waals surface area contributed by atoms with Gasteiger partial charge in [0, 0.05) is 0 Å². The summed E-state index contributed by atoms with van der Waals surface area (Å²) < 4.78 is 6.99. The van der Waals surface area contributed by atoms with Crippen LogP contribution < -0.4 is 19.0 Å². The number of hydrogen-bond acceptors (Lipinski definition) is 3. The molecule has 30 heavy (non-hydrogen) atoms. The Bertz CT molecular complexity index is 1280. The number of fused-ring (bicyclic) bond motifs is 2. The molecule has 5 rings (SSSR count). The molecule has 1 aliphatic carbocycles. The minimum atomic E-state index is -0.120. The Hall–Kier alpha value is -2.36. The second-order valence-electron chi connectivity index (χ2n) is 7.08. The molecule has 1 aromatic heterocycles. The van der Waals surface area contributed by atoms with Crippen LogP contribution >= 0.6 is 0 Å². The first-order valence-electron chi connectivity index (χ1n) is 9.98. The topological polar surface area (TPSA) is 47.2 Å². The van der Waals surface area contributed by atoms with E-state index >= 15 is 0 Å². The van der Waals surface area contributed by atoms with Crippen molar-refractivity contribution in [2.75, 3.05) is 11.4 Å². The predicted octanol–water partition coefficient (Wildman–Crippen LogP) is 1.50. The Labute approximate surface area is 187 Å². The van der Waals surface area contributed by atoms with Gasteiger partial charge in [-0.05, 0) is 0 Å². The molecule has 0 saturated heterocycles. The average molecular weight is 526 g/mol. The van der Waals surface area contributed by atoms with Gasteiger partial charge in [-0.3, -0.25) is 0 Å². The maximum atomic E-state index is 12.9. The van der Waals surface area contributed by atoms with Gasteiger partial charge >= 0.3 is 188 Å². The molecule has 0 saturated carbocycles. The number of carbonyl (C=O) groups excluding carboxylic acids is 1. The summed E-state index contributed by atoms with van der Waals surface area (Å²) in [6.45, 7) is 5.85. The van der Waals surface area contributed by atoms with Gasteiger partial charge in [0.05, 0.1) is 0 Å². The van der Waals surface area contributed by atoms with Gasteiger partial charge in [0.15, 0.2) is 0 Å². The van der Waals surface area contributed by atoms with Crippen molar-refractivity contribution in [3.63, 3.8) is 0 Å². The molecule has 4 nitrogen and oxygen atoms in total. The standard InChI is InChI=1S/C24H20N2O2Se2/c1-3-25-17-9-5-7-11-19(17)29-21(25)13-15-23(27)16(24(15)28)14-22-26(4-2)18-10-6-8-12-20(18)30-22/h5-14H,3-4H2,1-2H3. The molecule has 6 heteroatoms. The van der Waals surface area contributed by atoms with Gasteiger partial charge in [-0.15, -0.1) is 0 Å². The summed E-state index contributed by atoms with van der Waals surface area (Å²) in [7, 11) is 0. The van der Waals surface area contributed by atoms with Crippen molar-refractivity contribution < 1.29 is 14.5 Å². The van der Waals surface area contributed by atoms with E-state index in [0.717, 1.165) is 22.3 Å². The number of benzene rings is 2. The summed E-state index contributed by atoms with van der Waals surface area (Å²) in [4.78, 5) is 15.1. The number of hydrogen-bond donors (Lipinski definition) is 0. The van der Waals surface area contributed by atoms with Crippen LogP contribution in [0.15, 0.2) is 76.1 Å². The Morgan fingerprint density at radius 1 is 1.07 bits per heavy atom. The van der Waals surface area contributed by atoms with E-state index in [2.05, 4.69) is 47.6 Å². The molecule has 0 bridgehead atoms.